The lowest BCUT2D eigenvalue weighted by molar-refractivity contribution is -0.197. The van der Waals surface area contributed by atoms with Crippen LogP contribution in [0.3, 0.4) is 0 Å². The number of rotatable bonds is 16. The maximum absolute atomic E-state index is 12.0. The summed E-state index contributed by atoms with van der Waals surface area (Å²) in [5.74, 6) is 0.125. The second-order valence-corrected chi connectivity index (χ2v) is 12.7. The van der Waals surface area contributed by atoms with E-state index < -0.39 is 17.8 Å². The molecule has 3 atom stereocenters. The number of carbonyl (C=O) groups excluding carboxylic acids is 6. The number of nitrogens with one attached hydrogen (secondary N) is 4. The Labute approximate surface area is 227 Å². The molecule has 3 rings (SSSR count). The van der Waals surface area contributed by atoms with Crippen LogP contribution in [-0.4, -0.2) is 88.4 Å². The number of hydrogen-bond donors (Lipinski definition) is 4. The molecule has 3 aliphatic heterocycles. The lowest BCUT2D eigenvalue weighted by atomic mass is 10.0. The number of imide groups is 1. The summed E-state index contributed by atoms with van der Waals surface area (Å²) in [4.78, 5) is 74.6. The van der Waals surface area contributed by atoms with Gasteiger partial charge in [-0.2, -0.15) is 11.8 Å². The van der Waals surface area contributed by atoms with Crippen molar-refractivity contribution in [2.24, 2.45) is 0 Å². The lowest BCUT2D eigenvalue weighted by Crippen LogP contribution is -2.36. The zero-order valence-corrected chi connectivity index (χ0v) is 22.9. The average molecular weight is 576 g/mol. The molecule has 3 saturated heterocycles. The average Bonchev–Trinajstić information content (AvgIpc) is 3.51. The molecule has 0 aliphatic carbocycles. The van der Waals surface area contributed by atoms with E-state index in [9.17, 15) is 28.8 Å². The van der Waals surface area contributed by atoms with Crippen molar-refractivity contribution in [3.05, 3.63) is 0 Å². The van der Waals surface area contributed by atoms with Crippen molar-refractivity contribution in [2.75, 3.05) is 30.3 Å². The summed E-state index contributed by atoms with van der Waals surface area (Å²) >= 11 is 1.87. The third kappa shape index (κ3) is 9.93. The van der Waals surface area contributed by atoms with Crippen molar-refractivity contribution in [3.63, 3.8) is 0 Å². The molecule has 206 valence electrons. The van der Waals surface area contributed by atoms with Gasteiger partial charge in [0, 0.05) is 61.3 Å². The lowest BCUT2D eigenvalue weighted by Gasteiger charge is -2.16. The fraction of sp³-hybridized carbons (Fsp3) is 0.727. The van der Waals surface area contributed by atoms with Crippen molar-refractivity contribution in [1.29, 1.82) is 0 Å². The number of carbonyl (C=O) groups is 6. The zero-order chi connectivity index (χ0) is 26.6. The molecule has 0 spiro atoms. The molecule has 0 aromatic heterocycles. The van der Waals surface area contributed by atoms with Crippen LogP contribution < -0.4 is 21.3 Å². The number of hydroxylamine groups is 2. The fourth-order valence-electron chi connectivity index (χ4n) is 4.04. The molecule has 0 saturated carbocycles. The third-order valence-corrected chi connectivity index (χ3v) is 9.85. The van der Waals surface area contributed by atoms with Gasteiger partial charge >= 0.3 is 12.0 Å². The molecule has 6 amide bonds. The van der Waals surface area contributed by atoms with Crippen LogP contribution in [0.1, 0.15) is 51.4 Å². The van der Waals surface area contributed by atoms with Gasteiger partial charge in [0.1, 0.15) is 0 Å². The molecular formula is C22H33N5O7S3. The normalized spacial score (nSPS) is 22.4. The van der Waals surface area contributed by atoms with Crippen LogP contribution in [-0.2, 0) is 28.8 Å². The largest absolute Gasteiger partial charge is 0.354 e. The highest BCUT2D eigenvalue weighted by Gasteiger charge is 2.42. The van der Waals surface area contributed by atoms with Gasteiger partial charge < -0.3 is 26.1 Å². The van der Waals surface area contributed by atoms with Crippen molar-refractivity contribution >= 4 is 69.0 Å². The highest BCUT2D eigenvalue weighted by Crippen LogP contribution is 2.33. The molecule has 3 aliphatic rings. The minimum atomic E-state index is -0.640. The van der Waals surface area contributed by atoms with Crippen LogP contribution in [0.4, 0.5) is 4.79 Å². The minimum Gasteiger partial charge on any atom is -0.354 e. The summed E-state index contributed by atoms with van der Waals surface area (Å²) in [6.07, 6.45) is 3.61. The van der Waals surface area contributed by atoms with Crippen molar-refractivity contribution in [1.82, 2.24) is 26.3 Å². The molecule has 4 N–H and O–H groups in total. The summed E-state index contributed by atoms with van der Waals surface area (Å²) in [6, 6.07) is 0.324. The van der Waals surface area contributed by atoms with Crippen molar-refractivity contribution < 1.29 is 33.6 Å². The molecule has 0 bridgehead atoms. The Kier molecular flexibility index (Phi) is 12.2. The number of thioether (sulfide) groups is 1. The molecule has 3 heterocycles. The first-order valence-corrected chi connectivity index (χ1v) is 15.9. The second-order valence-electron chi connectivity index (χ2n) is 8.76. The van der Waals surface area contributed by atoms with E-state index in [1.807, 2.05) is 11.8 Å². The predicted octanol–water partition coefficient (Wildman–Crippen LogP) is 0.713. The van der Waals surface area contributed by atoms with Gasteiger partial charge in [0.05, 0.1) is 18.5 Å². The summed E-state index contributed by atoms with van der Waals surface area (Å²) in [7, 11) is 2.85. The number of hydrogen-bond acceptors (Lipinski definition) is 10. The van der Waals surface area contributed by atoms with Crippen LogP contribution in [0.25, 0.3) is 0 Å². The first-order chi connectivity index (χ1) is 17.8. The number of urea groups is 1. The van der Waals surface area contributed by atoms with E-state index in [1.165, 1.54) is 21.6 Å². The Hall–Kier alpha value is -2.13. The van der Waals surface area contributed by atoms with Gasteiger partial charge in [-0.1, -0.05) is 28.0 Å². The van der Waals surface area contributed by atoms with Crippen LogP contribution >= 0.6 is 33.3 Å². The topological polar surface area (TPSA) is 163 Å². The first-order valence-electron chi connectivity index (χ1n) is 12.4. The SMILES string of the molecule is O=C(CCCC[C@@H]1SC[C@H]2NC(=O)N[C@@H]12)NCCNC(=O)CCSSCCC(=O)ON1C(=O)CCC1=O. The molecule has 0 unspecified atom stereocenters. The smallest absolute Gasteiger partial charge is 0.334 e. The highest BCUT2D eigenvalue weighted by atomic mass is 33.1. The van der Waals surface area contributed by atoms with E-state index >= 15 is 0 Å². The van der Waals surface area contributed by atoms with Gasteiger partial charge in [0.2, 0.25) is 11.8 Å². The van der Waals surface area contributed by atoms with Gasteiger partial charge in [-0.3, -0.25) is 19.2 Å². The van der Waals surface area contributed by atoms with E-state index in [1.54, 1.807) is 0 Å². The molecule has 3 fully saturated rings. The number of fused-ring (bicyclic) bond motifs is 1. The maximum atomic E-state index is 12.0. The molecule has 0 radical (unpaired) electrons. The Morgan fingerprint density at radius 2 is 1.57 bits per heavy atom. The maximum Gasteiger partial charge on any atom is 0.334 e. The van der Waals surface area contributed by atoms with Crippen LogP contribution in [0.15, 0.2) is 0 Å². The standard InChI is InChI=1S/C22H33N5O7S3/c28-16(4-2-1-3-15-21-14(13-35-15)25-22(33)26-21)23-9-10-24-17(29)7-11-36-37-12-8-20(32)34-27-18(30)5-6-19(27)31/h14-15,21H,1-13H2,(H,23,28)(H,24,29)(H2,25,26,33)/t14-,15+,21-/m1/s1. The van der Waals surface area contributed by atoms with E-state index in [0.29, 0.717) is 47.8 Å². The fourth-order valence-corrected chi connectivity index (χ4v) is 7.54. The number of unbranched alkanes of at least 4 members (excludes halogenated alkanes) is 1. The molecule has 0 aromatic rings. The molecule has 0 aromatic carbocycles. The van der Waals surface area contributed by atoms with Gasteiger partial charge in [-0.05, 0) is 12.8 Å². The van der Waals surface area contributed by atoms with Crippen molar-refractivity contribution in [2.45, 2.75) is 68.7 Å². The van der Waals surface area contributed by atoms with Crippen LogP contribution in [0, 0.1) is 0 Å². The Bertz CT molecular complexity index is 862. The zero-order valence-electron chi connectivity index (χ0n) is 20.5. The Morgan fingerprint density at radius 3 is 2.27 bits per heavy atom. The van der Waals surface area contributed by atoms with Gasteiger partial charge in [0.25, 0.3) is 11.8 Å². The van der Waals surface area contributed by atoms with Gasteiger partial charge in [-0.25, -0.2) is 9.59 Å². The summed E-state index contributed by atoms with van der Waals surface area (Å²) < 4.78 is 0. The summed E-state index contributed by atoms with van der Waals surface area (Å²) in [6.45, 7) is 0.729. The molecule has 15 heteroatoms. The van der Waals surface area contributed by atoms with E-state index in [2.05, 4.69) is 21.3 Å². The van der Waals surface area contributed by atoms with Gasteiger partial charge in [-0.15, -0.1) is 5.06 Å². The second kappa shape index (κ2) is 15.3. The molecule has 12 nitrogen and oxygen atoms in total. The predicted molar refractivity (Wildman–Crippen MR) is 141 cm³/mol. The monoisotopic (exact) mass is 575 g/mol. The molecular weight excluding hydrogens is 542 g/mol. The van der Waals surface area contributed by atoms with Crippen LogP contribution in [0.2, 0.25) is 0 Å². The van der Waals surface area contributed by atoms with Crippen LogP contribution in [0.5, 0.6) is 0 Å². The summed E-state index contributed by atoms with van der Waals surface area (Å²) in [5.41, 5.74) is 0. The minimum absolute atomic E-state index is 0.0361. The quantitative estimate of drug-likeness (QED) is 0.0892. The van der Waals surface area contributed by atoms with E-state index in [0.717, 1.165) is 25.0 Å². The van der Waals surface area contributed by atoms with Crippen molar-refractivity contribution in [3.8, 4) is 0 Å². The van der Waals surface area contributed by atoms with Gasteiger partial charge in [0.15, 0.2) is 0 Å². The molecule has 37 heavy (non-hydrogen) atoms. The Morgan fingerprint density at radius 1 is 0.919 bits per heavy atom. The summed E-state index contributed by atoms with van der Waals surface area (Å²) in [5, 5.41) is 12.4. The van der Waals surface area contributed by atoms with E-state index in [-0.39, 0.29) is 49.2 Å². The number of nitrogens with zero attached hydrogens (tertiary/aromatic N) is 1. The first kappa shape index (κ1) is 29.4. The van der Waals surface area contributed by atoms with E-state index in [4.69, 9.17) is 4.84 Å². The highest BCUT2D eigenvalue weighted by molar-refractivity contribution is 8.76. The third-order valence-electron chi connectivity index (χ3n) is 5.93. The number of amides is 6. The Balaban J connectivity index is 1.09.